The lowest BCUT2D eigenvalue weighted by atomic mass is 10.2. The first kappa shape index (κ1) is 13.4. The maximum Gasteiger partial charge on any atom is 0.340 e. The van der Waals surface area contributed by atoms with Crippen LogP contribution >= 0.6 is 35.2 Å². The van der Waals surface area contributed by atoms with Gasteiger partial charge in [0.15, 0.2) is 0 Å². The maximum atomic E-state index is 11.9. The van der Waals surface area contributed by atoms with Crippen LogP contribution < -0.4 is 0 Å². The van der Waals surface area contributed by atoms with E-state index in [9.17, 15) is 4.79 Å². The second kappa shape index (κ2) is 5.31. The van der Waals surface area contributed by atoms with Gasteiger partial charge in [0.25, 0.3) is 0 Å². The minimum absolute atomic E-state index is 0.272. The quantitative estimate of drug-likeness (QED) is 0.289. The second-order valence-corrected chi connectivity index (χ2v) is 6.38. The molecular formula is C10H9IN4O2S. The van der Waals surface area contributed by atoms with Crippen molar-refractivity contribution in [1.29, 1.82) is 0 Å². The highest BCUT2D eigenvalue weighted by Gasteiger charge is 2.41. The molecule has 94 valence electrons. The lowest BCUT2D eigenvalue weighted by Gasteiger charge is -2.13. The Hall–Kier alpha value is -1.03. The molecule has 8 heteroatoms. The number of alkyl halides is 1. The number of ether oxygens (including phenoxy) is 1. The number of azo groups is 1. The van der Waals surface area contributed by atoms with Crippen LogP contribution in [0.25, 0.3) is 5.70 Å². The predicted molar refractivity (Wildman–Crippen MR) is 76.2 cm³/mol. The summed E-state index contributed by atoms with van der Waals surface area (Å²) in [4.78, 5) is 20.0. The first-order valence-electron chi connectivity index (χ1n) is 5.08. The van der Waals surface area contributed by atoms with Crippen LogP contribution in [0.1, 0.15) is 12.6 Å². The van der Waals surface area contributed by atoms with E-state index >= 15 is 0 Å². The maximum absolute atomic E-state index is 11.9. The molecule has 6 nitrogen and oxygen atoms in total. The topological polar surface area (TPSA) is 76.8 Å². The Morgan fingerprint density at radius 2 is 2.33 bits per heavy atom. The molecule has 0 fully saturated rings. The monoisotopic (exact) mass is 376 g/mol. The van der Waals surface area contributed by atoms with Crippen molar-refractivity contribution in [1.82, 2.24) is 9.97 Å². The molecule has 1 aromatic heterocycles. The smallest absolute Gasteiger partial charge is 0.340 e. The van der Waals surface area contributed by atoms with E-state index in [1.165, 1.54) is 18.6 Å². The summed E-state index contributed by atoms with van der Waals surface area (Å²) in [6, 6.07) is 0. The normalized spacial score (nSPS) is 22.4. The highest BCUT2D eigenvalue weighted by molar-refractivity contribution is 14.1. The zero-order valence-electron chi connectivity index (χ0n) is 9.37. The van der Waals surface area contributed by atoms with Crippen molar-refractivity contribution in [3.63, 3.8) is 0 Å². The van der Waals surface area contributed by atoms with Gasteiger partial charge in [0.2, 0.25) is 2.88 Å². The lowest BCUT2D eigenvalue weighted by Crippen LogP contribution is -2.20. The van der Waals surface area contributed by atoms with Crippen LogP contribution in [-0.4, -0.2) is 25.4 Å². The summed E-state index contributed by atoms with van der Waals surface area (Å²) in [7, 11) is 0. The minimum Gasteiger partial charge on any atom is -0.462 e. The Labute approximate surface area is 123 Å². The second-order valence-electron chi connectivity index (χ2n) is 3.32. The number of hydrogen-bond acceptors (Lipinski definition) is 7. The number of hydrogen-bond donors (Lipinski definition) is 1. The van der Waals surface area contributed by atoms with E-state index in [1.807, 2.05) is 22.6 Å². The van der Waals surface area contributed by atoms with Crippen LogP contribution in [0.15, 0.2) is 34.4 Å². The summed E-state index contributed by atoms with van der Waals surface area (Å²) in [6.45, 7) is 2.01. The van der Waals surface area contributed by atoms with E-state index in [0.717, 1.165) is 0 Å². The number of halogens is 1. The Morgan fingerprint density at radius 3 is 2.94 bits per heavy atom. The molecular weight excluding hydrogens is 367 g/mol. The molecule has 2 heterocycles. The van der Waals surface area contributed by atoms with Crippen molar-refractivity contribution in [3.05, 3.63) is 29.9 Å². The average Bonchev–Trinajstić information content (AvgIpc) is 2.66. The molecule has 0 spiro atoms. The van der Waals surface area contributed by atoms with Crippen LogP contribution in [-0.2, 0) is 9.53 Å². The van der Waals surface area contributed by atoms with Gasteiger partial charge in [-0.15, -0.1) is 12.6 Å². The average molecular weight is 376 g/mol. The van der Waals surface area contributed by atoms with E-state index in [1.54, 1.807) is 6.92 Å². The zero-order valence-corrected chi connectivity index (χ0v) is 12.4. The molecule has 0 aliphatic carbocycles. The van der Waals surface area contributed by atoms with Gasteiger partial charge in [0, 0.05) is 12.4 Å². The number of aromatic nitrogens is 2. The number of nitrogens with zero attached hydrogens (tertiary/aromatic N) is 4. The molecule has 1 aromatic rings. The Balaban J connectivity index is 2.50. The molecule has 2 rings (SSSR count). The molecule has 1 atom stereocenters. The highest BCUT2D eigenvalue weighted by Crippen LogP contribution is 2.44. The zero-order chi connectivity index (χ0) is 13.2. The van der Waals surface area contributed by atoms with E-state index in [4.69, 9.17) is 4.74 Å². The fourth-order valence-electron chi connectivity index (χ4n) is 1.40. The summed E-state index contributed by atoms with van der Waals surface area (Å²) < 4.78 is 3.96. The molecule has 0 saturated heterocycles. The fraction of sp³-hybridized carbons (Fsp3) is 0.300. The Bertz CT molecular complexity index is 530. The van der Waals surface area contributed by atoms with Gasteiger partial charge < -0.3 is 4.74 Å². The van der Waals surface area contributed by atoms with Crippen molar-refractivity contribution in [3.8, 4) is 0 Å². The summed E-state index contributed by atoms with van der Waals surface area (Å²) in [6.07, 6.45) is 4.57. The van der Waals surface area contributed by atoms with E-state index in [-0.39, 0.29) is 12.2 Å². The van der Waals surface area contributed by atoms with Crippen molar-refractivity contribution >= 4 is 46.9 Å². The van der Waals surface area contributed by atoms with Crippen molar-refractivity contribution < 1.29 is 9.53 Å². The van der Waals surface area contributed by atoms with Crippen molar-refractivity contribution in [2.75, 3.05) is 6.61 Å². The van der Waals surface area contributed by atoms with Crippen molar-refractivity contribution in [2.24, 2.45) is 10.2 Å². The first-order chi connectivity index (χ1) is 8.56. The third-order valence-electron chi connectivity index (χ3n) is 2.12. The third kappa shape index (κ3) is 2.53. The molecule has 1 unspecified atom stereocenters. The highest BCUT2D eigenvalue weighted by atomic mass is 127. The SMILES string of the molecule is CCOC(=O)C1=C(c2cnccn2)N=NC1(S)I. The summed E-state index contributed by atoms with van der Waals surface area (Å²) in [5, 5.41) is 7.90. The molecule has 18 heavy (non-hydrogen) atoms. The number of rotatable bonds is 3. The lowest BCUT2D eigenvalue weighted by molar-refractivity contribution is -0.138. The van der Waals surface area contributed by atoms with Gasteiger partial charge in [-0.2, -0.15) is 10.2 Å². The van der Waals surface area contributed by atoms with Crippen LogP contribution in [0.3, 0.4) is 0 Å². The Morgan fingerprint density at radius 1 is 1.56 bits per heavy atom. The van der Waals surface area contributed by atoms with Gasteiger partial charge in [-0.25, -0.2) is 4.79 Å². The summed E-state index contributed by atoms with van der Waals surface area (Å²) in [5.41, 5.74) is 1.09. The van der Waals surface area contributed by atoms with Crippen LogP contribution in [0, 0.1) is 0 Å². The number of carbonyl (C=O) groups excluding carboxylic acids is 1. The van der Waals surface area contributed by atoms with Crippen LogP contribution in [0.4, 0.5) is 0 Å². The largest absolute Gasteiger partial charge is 0.462 e. The summed E-state index contributed by atoms with van der Waals surface area (Å²) in [5.74, 6) is -0.493. The molecule has 0 radical (unpaired) electrons. The first-order valence-corrected chi connectivity index (χ1v) is 6.61. The minimum atomic E-state index is -1.03. The van der Waals surface area contributed by atoms with Gasteiger partial charge in [0.05, 0.1) is 12.8 Å². The Kier molecular flexibility index (Phi) is 3.95. The number of thiol groups is 1. The van der Waals surface area contributed by atoms with Gasteiger partial charge in [-0.05, 0) is 29.5 Å². The van der Waals surface area contributed by atoms with E-state index in [0.29, 0.717) is 11.4 Å². The van der Waals surface area contributed by atoms with Gasteiger partial charge in [-0.3, -0.25) is 9.97 Å². The molecule has 0 aromatic carbocycles. The molecule has 0 amide bonds. The molecule has 1 aliphatic heterocycles. The molecule has 0 N–H and O–H groups in total. The standard InChI is InChI=1S/C10H9IN4O2S/c1-2-17-9(16)7-8(14-15-10(7,11)18)6-5-12-3-4-13-6/h3-5,18H,2H2,1H3. The number of esters is 1. The van der Waals surface area contributed by atoms with Crippen molar-refractivity contribution in [2.45, 2.75) is 9.80 Å². The van der Waals surface area contributed by atoms with Crippen LogP contribution in [0.5, 0.6) is 0 Å². The molecule has 0 bridgehead atoms. The number of carbonyl (C=O) groups is 1. The van der Waals surface area contributed by atoms with E-state index in [2.05, 4.69) is 32.8 Å². The van der Waals surface area contributed by atoms with Gasteiger partial charge in [0.1, 0.15) is 17.0 Å². The van der Waals surface area contributed by atoms with Gasteiger partial charge in [-0.1, -0.05) is 0 Å². The molecule has 1 aliphatic rings. The fourth-order valence-corrected chi connectivity index (χ4v) is 2.22. The summed E-state index contributed by atoms with van der Waals surface area (Å²) >= 11 is 6.23. The van der Waals surface area contributed by atoms with E-state index < -0.39 is 8.85 Å². The van der Waals surface area contributed by atoms with Crippen LogP contribution in [0.2, 0.25) is 0 Å². The third-order valence-corrected chi connectivity index (χ3v) is 3.19. The predicted octanol–water partition coefficient (Wildman–Crippen LogP) is 2.24. The van der Waals surface area contributed by atoms with Gasteiger partial charge >= 0.3 is 5.97 Å². The molecule has 0 saturated carbocycles.